The van der Waals surface area contributed by atoms with Crippen LogP contribution in [0.1, 0.15) is 28.3 Å². The van der Waals surface area contributed by atoms with Gasteiger partial charge < -0.3 is 9.47 Å². The first-order valence-corrected chi connectivity index (χ1v) is 4.89. The molecule has 3 heteroatoms. The monoisotopic (exact) mass is 212 g/mol. The highest BCUT2D eigenvalue weighted by Gasteiger charge is 2.37. The molecule has 0 N–H and O–H groups in total. The Hall–Kier alpha value is -0.930. The van der Waals surface area contributed by atoms with E-state index in [9.17, 15) is 4.39 Å². The van der Waals surface area contributed by atoms with E-state index in [-0.39, 0.29) is 0 Å². The van der Waals surface area contributed by atoms with Gasteiger partial charge in [-0.2, -0.15) is 0 Å². The number of hydrogen-bond acceptors (Lipinski definition) is 2. The molecule has 1 aromatic rings. The molecule has 0 aliphatic carbocycles. The zero-order valence-corrected chi connectivity index (χ0v) is 8.74. The van der Waals surface area contributed by atoms with E-state index in [1.54, 1.807) is 38.1 Å². The molecule has 0 aromatic heterocycles. The Morgan fingerprint density at radius 2 is 2.07 bits per heavy atom. The molecular weight excluding hydrogens is 195 g/mol. The van der Waals surface area contributed by atoms with Crippen LogP contribution in [0.3, 0.4) is 0 Å². The number of ether oxygens (including phenoxy) is 2. The average Bonchev–Trinajstić information content (AvgIpc) is 2.23. The van der Waals surface area contributed by atoms with Crippen molar-refractivity contribution < 1.29 is 16.6 Å². The quantitative estimate of drug-likeness (QED) is 0.712. The highest BCUT2D eigenvalue weighted by Crippen LogP contribution is 2.34. The summed E-state index contributed by atoms with van der Waals surface area (Å²) >= 11 is 0. The Morgan fingerprint density at radius 1 is 1.40 bits per heavy atom. The van der Waals surface area contributed by atoms with Crippen LogP contribution in [0, 0.1) is 0 Å². The Kier molecular flexibility index (Phi) is 2.15. The maximum absolute atomic E-state index is 14.0. The van der Waals surface area contributed by atoms with Crippen molar-refractivity contribution in [3.63, 3.8) is 0 Å². The number of halogens is 1. The summed E-state index contributed by atoms with van der Waals surface area (Å²) in [5.41, 5.74) is 0.611. The van der Waals surface area contributed by atoms with Gasteiger partial charge >= 0.3 is 0 Å². The van der Waals surface area contributed by atoms with Gasteiger partial charge in [-0.05, 0) is 19.4 Å². The second kappa shape index (κ2) is 3.91. The third-order valence-corrected chi connectivity index (χ3v) is 2.22. The standard InChI is InChI=1S/C12H15FO2/c1-12(2)14-8-10(13)11(15-12)9-6-4-3-5-7-9/h3-7,10-11H,8H2,1-2H3/t10-,11+/m1/s1/i8D2. The second-order valence-electron chi connectivity index (χ2n) is 3.97. The SMILES string of the molecule is [2H]C1([2H])OC(C)(C)O[C@@H](c2ccccc2)[C@@H]1F. The van der Waals surface area contributed by atoms with Crippen LogP contribution in [0.15, 0.2) is 30.3 Å². The first kappa shape index (κ1) is 8.25. The Morgan fingerprint density at radius 3 is 2.73 bits per heavy atom. The first-order chi connectivity index (χ1) is 7.82. The lowest BCUT2D eigenvalue weighted by Gasteiger charge is -2.38. The van der Waals surface area contributed by atoms with Gasteiger partial charge in [-0.15, -0.1) is 0 Å². The van der Waals surface area contributed by atoms with E-state index in [0.29, 0.717) is 5.56 Å². The maximum Gasteiger partial charge on any atom is 0.163 e. The smallest absolute Gasteiger partial charge is 0.163 e. The van der Waals surface area contributed by atoms with Gasteiger partial charge in [0.15, 0.2) is 12.0 Å². The van der Waals surface area contributed by atoms with Gasteiger partial charge in [0.05, 0.1) is 9.30 Å². The zero-order valence-electron chi connectivity index (χ0n) is 10.7. The van der Waals surface area contributed by atoms with Crippen molar-refractivity contribution in [1.29, 1.82) is 0 Å². The number of benzene rings is 1. The van der Waals surface area contributed by atoms with Gasteiger partial charge in [0.25, 0.3) is 0 Å². The van der Waals surface area contributed by atoms with Gasteiger partial charge in [-0.25, -0.2) is 4.39 Å². The highest BCUT2D eigenvalue weighted by molar-refractivity contribution is 5.19. The molecule has 1 aliphatic rings. The molecule has 0 spiro atoms. The summed E-state index contributed by atoms with van der Waals surface area (Å²) in [7, 11) is 0. The topological polar surface area (TPSA) is 18.5 Å². The van der Waals surface area contributed by atoms with Gasteiger partial charge in [0.1, 0.15) is 6.10 Å². The molecule has 1 saturated heterocycles. The summed E-state index contributed by atoms with van der Waals surface area (Å²) in [5.74, 6) is -1.15. The Labute approximate surface area is 91.8 Å². The Bertz CT molecular complexity index is 395. The van der Waals surface area contributed by atoms with Crippen LogP contribution >= 0.6 is 0 Å². The predicted octanol–water partition coefficient (Wildman–Crippen LogP) is 2.85. The number of hydrogen-bond donors (Lipinski definition) is 0. The molecule has 1 fully saturated rings. The van der Waals surface area contributed by atoms with Gasteiger partial charge in [-0.3, -0.25) is 0 Å². The van der Waals surface area contributed by atoms with E-state index in [1.807, 2.05) is 6.07 Å². The van der Waals surface area contributed by atoms with Crippen molar-refractivity contribution in [2.24, 2.45) is 0 Å². The molecule has 0 radical (unpaired) electrons. The van der Waals surface area contributed by atoms with Crippen LogP contribution in [0.2, 0.25) is 0 Å². The van der Waals surface area contributed by atoms with E-state index < -0.39 is 24.6 Å². The lowest BCUT2D eigenvalue weighted by molar-refractivity contribution is -0.296. The molecule has 2 nitrogen and oxygen atoms in total. The van der Waals surface area contributed by atoms with Gasteiger partial charge in [0.2, 0.25) is 0 Å². The maximum atomic E-state index is 14.0. The molecule has 0 unspecified atom stereocenters. The average molecular weight is 212 g/mol. The van der Waals surface area contributed by atoms with Crippen LogP contribution in [-0.2, 0) is 9.47 Å². The predicted molar refractivity (Wildman–Crippen MR) is 55.2 cm³/mol. The minimum absolute atomic E-state index is 0.611. The molecule has 15 heavy (non-hydrogen) atoms. The summed E-state index contributed by atoms with van der Waals surface area (Å²) < 4.78 is 39.6. The summed E-state index contributed by atoms with van der Waals surface area (Å²) in [5, 5.41) is 0. The third kappa shape index (κ3) is 2.36. The van der Waals surface area contributed by atoms with E-state index in [2.05, 4.69) is 0 Å². The Balaban J connectivity index is 2.33. The van der Waals surface area contributed by atoms with E-state index >= 15 is 0 Å². The van der Waals surface area contributed by atoms with Crippen molar-refractivity contribution in [2.75, 3.05) is 6.56 Å². The van der Waals surface area contributed by atoms with Crippen molar-refractivity contribution in [2.45, 2.75) is 31.9 Å². The molecule has 1 aliphatic heterocycles. The molecule has 1 heterocycles. The summed E-state index contributed by atoms with van der Waals surface area (Å²) in [6.45, 7) is 0.807. The van der Waals surface area contributed by atoms with Crippen molar-refractivity contribution in [3.8, 4) is 0 Å². The van der Waals surface area contributed by atoms with Crippen molar-refractivity contribution in [3.05, 3.63) is 35.9 Å². The second-order valence-corrected chi connectivity index (χ2v) is 3.97. The van der Waals surface area contributed by atoms with Crippen molar-refractivity contribution in [1.82, 2.24) is 0 Å². The fourth-order valence-corrected chi connectivity index (χ4v) is 1.53. The highest BCUT2D eigenvalue weighted by atomic mass is 19.1. The van der Waals surface area contributed by atoms with Crippen LogP contribution in [-0.4, -0.2) is 18.5 Å². The lowest BCUT2D eigenvalue weighted by atomic mass is 10.0. The number of rotatable bonds is 1. The summed E-state index contributed by atoms with van der Waals surface area (Å²) in [6.07, 6.45) is -2.80. The molecule has 0 saturated carbocycles. The minimum Gasteiger partial charge on any atom is -0.347 e. The fourth-order valence-electron chi connectivity index (χ4n) is 1.53. The lowest BCUT2D eigenvalue weighted by Crippen LogP contribution is -2.42. The molecule has 2 rings (SSSR count). The molecule has 1 aromatic carbocycles. The van der Waals surface area contributed by atoms with Crippen LogP contribution in [0.4, 0.5) is 4.39 Å². The van der Waals surface area contributed by atoms with Gasteiger partial charge in [-0.1, -0.05) is 30.3 Å². The van der Waals surface area contributed by atoms with Crippen LogP contribution < -0.4 is 0 Å². The molecule has 2 atom stereocenters. The molecule has 0 amide bonds. The van der Waals surface area contributed by atoms with Crippen molar-refractivity contribution >= 4 is 0 Å². The normalized spacial score (nSPS) is 35.4. The molecular formula is C12H15FO2. The van der Waals surface area contributed by atoms with Crippen LogP contribution in [0.25, 0.3) is 0 Å². The summed E-state index contributed by atoms with van der Waals surface area (Å²) in [4.78, 5) is 0. The number of alkyl halides is 1. The minimum atomic E-state index is -2.34. The largest absolute Gasteiger partial charge is 0.347 e. The molecule has 0 bridgehead atoms. The molecule has 82 valence electrons. The van der Waals surface area contributed by atoms with E-state index in [1.165, 1.54) is 0 Å². The van der Waals surface area contributed by atoms with Gasteiger partial charge in [0, 0.05) is 0 Å². The fraction of sp³-hybridized carbons (Fsp3) is 0.500. The third-order valence-electron chi connectivity index (χ3n) is 2.22. The van der Waals surface area contributed by atoms with Crippen LogP contribution in [0.5, 0.6) is 0 Å². The summed E-state index contributed by atoms with van der Waals surface area (Å²) in [6, 6.07) is 8.78. The van der Waals surface area contributed by atoms with E-state index in [0.717, 1.165) is 0 Å². The zero-order chi connectivity index (χ0) is 12.7. The first-order valence-electron chi connectivity index (χ1n) is 5.89. The van der Waals surface area contributed by atoms with E-state index in [4.69, 9.17) is 12.2 Å².